The summed E-state index contributed by atoms with van der Waals surface area (Å²) in [7, 11) is 1.63. The van der Waals surface area contributed by atoms with Crippen LogP contribution in [-0.2, 0) is 4.74 Å². The molecule has 0 atom stereocenters. The monoisotopic (exact) mass is 432 g/mol. The van der Waals surface area contributed by atoms with Crippen LogP contribution in [0.25, 0.3) is 22.7 Å². The molecule has 0 bridgehead atoms. The van der Waals surface area contributed by atoms with E-state index in [1.807, 2.05) is 34.7 Å². The molecule has 9 nitrogen and oxygen atoms in total. The third kappa shape index (κ3) is 3.82. The third-order valence-corrected chi connectivity index (χ3v) is 5.72. The molecule has 1 aliphatic rings. The van der Waals surface area contributed by atoms with E-state index in [-0.39, 0.29) is 5.91 Å². The number of nitrogens with one attached hydrogen (secondary N) is 1. The average molecular weight is 432 g/mol. The molecule has 3 aromatic heterocycles. The smallest absolute Gasteiger partial charge is 0.272 e. The van der Waals surface area contributed by atoms with E-state index in [4.69, 9.17) is 14.5 Å². The lowest BCUT2D eigenvalue weighted by Crippen LogP contribution is -2.32. The maximum atomic E-state index is 13.0. The second kappa shape index (κ2) is 8.80. The molecule has 0 radical (unpaired) electrons. The van der Waals surface area contributed by atoms with E-state index in [9.17, 15) is 4.79 Å². The number of ether oxygens (including phenoxy) is 2. The Labute approximate surface area is 185 Å². The fourth-order valence-electron chi connectivity index (χ4n) is 3.98. The third-order valence-electron chi connectivity index (χ3n) is 5.72. The highest BCUT2D eigenvalue weighted by Gasteiger charge is 2.22. The molecule has 4 aromatic rings. The molecule has 0 aliphatic carbocycles. The van der Waals surface area contributed by atoms with E-state index in [0.29, 0.717) is 29.5 Å². The Morgan fingerprint density at radius 2 is 2.12 bits per heavy atom. The molecular formula is C23H24N6O3. The largest absolute Gasteiger partial charge is 0.497 e. The number of rotatable bonds is 6. The Morgan fingerprint density at radius 3 is 2.97 bits per heavy atom. The van der Waals surface area contributed by atoms with Crippen molar-refractivity contribution in [3.63, 3.8) is 0 Å². The predicted molar refractivity (Wildman–Crippen MR) is 118 cm³/mol. The molecule has 0 unspecified atom stereocenters. The second-order valence-electron chi connectivity index (χ2n) is 7.71. The van der Waals surface area contributed by atoms with Crippen molar-refractivity contribution >= 4 is 11.4 Å². The van der Waals surface area contributed by atoms with Crippen molar-refractivity contribution in [1.29, 1.82) is 0 Å². The molecule has 0 saturated carbocycles. The molecule has 5 rings (SSSR count). The van der Waals surface area contributed by atoms with E-state index in [1.54, 1.807) is 36.6 Å². The van der Waals surface area contributed by atoms with Crippen LogP contribution in [0.3, 0.4) is 0 Å². The van der Waals surface area contributed by atoms with Crippen LogP contribution in [0.5, 0.6) is 5.75 Å². The van der Waals surface area contributed by atoms with Crippen molar-refractivity contribution in [2.75, 3.05) is 26.9 Å². The fourth-order valence-corrected chi connectivity index (χ4v) is 3.98. The van der Waals surface area contributed by atoms with Crippen LogP contribution in [0, 0.1) is 5.92 Å². The average Bonchev–Trinajstić information content (AvgIpc) is 3.48. The first-order valence-electron chi connectivity index (χ1n) is 10.6. The predicted octanol–water partition coefficient (Wildman–Crippen LogP) is 2.75. The van der Waals surface area contributed by atoms with E-state index >= 15 is 0 Å². The van der Waals surface area contributed by atoms with Crippen LogP contribution >= 0.6 is 0 Å². The Morgan fingerprint density at radius 1 is 1.25 bits per heavy atom. The quantitative estimate of drug-likeness (QED) is 0.503. The minimum Gasteiger partial charge on any atom is -0.497 e. The molecule has 1 aliphatic heterocycles. The number of methoxy groups -OCH3 is 1. The number of carbonyl (C=O) groups is 1. The van der Waals surface area contributed by atoms with Gasteiger partial charge in [0, 0.05) is 38.2 Å². The summed E-state index contributed by atoms with van der Waals surface area (Å²) in [5.41, 5.74) is 2.58. The Bertz CT molecular complexity index is 1240. The highest BCUT2D eigenvalue weighted by molar-refractivity contribution is 5.99. The van der Waals surface area contributed by atoms with Gasteiger partial charge in [-0.3, -0.25) is 14.2 Å². The van der Waals surface area contributed by atoms with Gasteiger partial charge in [0.2, 0.25) is 0 Å². The second-order valence-corrected chi connectivity index (χ2v) is 7.71. The molecule has 1 amide bonds. The maximum absolute atomic E-state index is 13.0. The van der Waals surface area contributed by atoms with Crippen LogP contribution in [0.15, 0.2) is 55.1 Å². The van der Waals surface area contributed by atoms with Gasteiger partial charge in [-0.1, -0.05) is 6.07 Å². The van der Waals surface area contributed by atoms with Crippen molar-refractivity contribution < 1.29 is 14.3 Å². The van der Waals surface area contributed by atoms with Gasteiger partial charge in [-0.2, -0.15) is 5.10 Å². The van der Waals surface area contributed by atoms with Crippen LogP contribution in [0.1, 0.15) is 23.3 Å². The normalized spacial score (nSPS) is 14.5. The highest BCUT2D eigenvalue weighted by atomic mass is 16.5. The molecule has 4 heterocycles. The number of hydrogen-bond acceptors (Lipinski definition) is 6. The minimum absolute atomic E-state index is 0.208. The molecular weight excluding hydrogens is 408 g/mol. The van der Waals surface area contributed by atoms with Crippen LogP contribution in [0.4, 0.5) is 0 Å². The number of amides is 1. The summed E-state index contributed by atoms with van der Waals surface area (Å²) in [6.45, 7) is 2.10. The van der Waals surface area contributed by atoms with Gasteiger partial charge in [0.15, 0.2) is 11.5 Å². The first-order chi connectivity index (χ1) is 15.7. The molecule has 1 N–H and O–H groups in total. The molecule has 1 fully saturated rings. The van der Waals surface area contributed by atoms with Crippen LogP contribution in [-0.4, -0.2) is 56.9 Å². The van der Waals surface area contributed by atoms with Gasteiger partial charge in [-0.25, -0.2) is 9.67 Å². The Kier molecular flexibility index (Phi) is 5.55. The Balaban J connectivity index is 1.50. The summed E-state index contributed by atoms with van der Waals surface area (Å²) in [5, 5.41) is 7.52. The zero-order valence-electron chi connectivity index (χ0n) is 17.8. The van der Waals surface area contributed by atoms with E-state index in [1.165, 1.54) is 0 Å². The van der Waals surface area contributed by atoms with Gasteiger partial charge in [-0.05, 0) is 37.0 Å². The Hall–Kier alpha value is -3.72. The van der Waals surface area contributed by atoms with Gasteiger partial charge in [0.05, 0.1) is 30.7 Å². The van der Waals surface area contributed by atoms with E-state index < -0.39 is 0 Å². The SMILES string of the molecule is COc1cccc(-n2nccc2-c2nc(C(=O)NCC3CCOCC3)c3cnccn23)c1. The standard InChI is InChI=1S/C23H24N6O3/c1-31-18-4-2-3-17(13-18)29-19(5-8-26-29)22-27-21(20-15-24-9-10-28(20)22)23(30)25-14-16-6-11-32-12-7-16/h2-5,8-10,13,15-16H,6-7,11-12,14H2,1H3,(H,25,30). The van der Waals surface area contributed by atoms with Gasteiger partial charge in [-0.15, -0.1) is 0 Å². The summed E-state index contributed by atoms with van der Waals surface area (Å²) in [4.78, 5) is 22.0. The maximum Gasteiger partial charge on any atom is 0.272 e. The minimum atomic E-state index is -0.208. The summed E-state index contributed by atoms with van der Waals surface area (Å²) in [6.07, 6.45) is 8.76. The van der Waals surface area contributed by atoms with Crippen molar-refractivity contribution in [3.05, 3.63) is 60.8 Å². The lowest BCUT2D eigenvalue weighted by Gasteiger charge is -2.21. The van der Waals surface area contributed by atoms with Crippen LogP contribution in [0.2, 0.25) is 0 Å². The molecule has 32 heavy (non-hydrogen) atoms. The number of hydrogen-bond donors (Lipinski definition) is 1. The van der Waals surface area contributed by atoms with Crippen molar-refractivity contribution in [1.82, 2.24) is 29.5 Å². The number of imidazole rings is 1. The number of carbonyl (C=O) groups excluding carboxylic acids is 1. The molecule has 164 valence electrons. The van der Waals surface area contributed by atoms with Gasteiger partial charge < -0.3 is 14.8 Å². The van der Waals surface area contributed by atoms with Crippen molar-refractivity contribution in [2.24, 2.45) is 5.92 Å². The van der Waals surface area contributed by atoms with E-state index in [2.05, 4.69) is 15.4 Å². The van der Waals surface area contributed by atoms with Crippen LogP contribution < -0.4 is 10.1 Å². The number of fused-ring (bicyclic) bond motifs is 1. The molecule has 9 heteroatoms. The van der Waals surface area contributed by atoms with Gasteiger partial charge in [0.25, 0.3) is 5.91 Å². The lowest BCUT2D eigenvalue weighted by molar-refractivity contribution is 0.0642. The first-order valence-corrected chi connectivity index (χ1v) is 10.6. The summed E-state index contributed by atoms with van der Waals surface area (Å²) in [6, 6.07) is 9.50. The first kappa shape index (κ1) is 20.2. The van der Waals surface area contributed by atoms with Crippen molar-refractivity contribution in [2.45, 2.75) is 12.8 Å². The zero-order valence-corrected chi connectivity index (χ0v) is 17.8. The molecule has 1 saturated heterocycles. The summed E-state index contributed by atoms with van der Waals surface area (Å²) in [5.74, 6) is 1.56. The fraction of sp³-hybridized carbons (Fsp3) is 0.304. The topological polar surface area (TPSA) is 95.6 Å². The summed E-state index contributed by atoms with van der Waals surface area (Å²) < 4.78 is 14.4. The van der Waals surface area contributed by atoms with Gasteiger partial charge >= 0.3 is 0 Å². The zero-order chi connectivity index (χ0) is 21.9. The number of aromatic nitrogens is 5. The molecule has 1 aromatic carbocycles. The lowest BCUT2D eigenvalue weighted by atomic mass is 10.0. The number of nitrogens with zero attached hydrogens (tertiary/aromatic N) is 5. The summed E-state index contributed by atoms with van der Waals surface area (Å²) >= 11 is 0. The van der Waals surface area contributed by atoms with E-state index in [0.717, 1.165) is 43.2 Å². The van der Waals surface area contributed by atoms with Crippen molar-refractivity contribution in [3.8, 4) is 23.0 Å². The highest BCUT2D eigenvalue weighted by Crippen LogP contribution is 2.26. The molecule has 0 spiro atoms. The van der Waals surface area contributed by atoms with Gasteiger partial charge in [0.1, 0.15) is 11.4 Å². The number of benzene rings is 1.